The molecule has 4 nitrogen and oxygen atoms in total. The average molecular weight is 252 g/mol. The standard InChI is InChI=1S/C15H16N4/c1-4-9-18(10-5-1)15-14-16-8-11-19(14)13-7-3-2-6-12(13)17-15/h2-3,6-8,11H,1,4-5,9-10H2. The number of para-hydroxylation sites is 2. The number of benzene rings is 1. The van der Waals surface area contributed by atoms with E-state index in [0.29, 0.717) is 0 Å². The molecule has 1 aliphatic heterocycles. The highest BCUT2D eigenvalue weighted by Gasteiger charge is 2.17. The van der Waals surface area contributed by atoms with Gasteiger partial charge in [0.05, 0.1) is 11.0 Å². The summed E-state index contributed by atoms with van der Waals surface area (Å²) in [6.45, 7) is 2.18. The van der Waals surface area contributed by atoms with Crippen molar-refractivity contribution in [1.82, 2.24) is 14.4 Å². The van der Waals surface area contributed by atoms with Gasteiger partial charge in [-0.1, -0.05) is 12.1 Å². The van der Waals surface area contributed by atoms with Crippen molar-refractivity contribution in [3.05, 3.63) is 36.7 Å². The molecule has 0 N–H and O–H groups in total. The lowest BCUT2D eigenvalue weighted by Gasteiger charge is -2.28. The summed E-state index contributed by atoms with van der Waals surface area (Å²) >= 11 is 0. The Hall–Kier alpha value is -2.10. The van der Waals surface area contributed by atoms with Gasteiger partial charge in [0.1, 0.15) is 0 Å². The Morgan fingerprint density at radius 3 is 2.74 bits per heavy atom. The van der Waals surface area contributed by atoms with Gasteiger partial charge in [-0.15, -0.1) is 0 Å². The van der Waals surface area contributed by atoms with Crippen LogP contribution >= 0.6 is 0 Å². The minimum atomic E-state index is 0.973. The van der Waals surface area contributed by atoms with Gasteiger partial charge in [0.25, 0.3) is 0 Å². The van der Waals surface area contributed by atoms with E-state index < -0.39 is 0 Å². The highest BCUT2D eigenvalue weighted by molar-refractivity contribution is 5.83. The molecule has 19 heavy (non-hydrogen) atoms. The number of piperidine rings is 1. The van der Waals surface area contributed by atoms with Crippen molar-refractivity contribution in [3.63, 3.8) is 0 Å². The molecule has 1 saturated heterocycles. The molecule has 4 heteroatoms. The molecule has 1 fully saturated rings. The van der Waals surface area contributed by atoms with Crippen LogP contribution in [-0.4, -0.2) is 27.5 Å². The first-order chi connectivity index (χ1) is 9.43. The first-order valence-corrected chi connectivity index (χ1v) is 6.90. The van der Waals surface area contributed by atoms with Crippen LogP contribution in [0.3, 0.4) is 0 Å². The van der Waals surface area contributed by atoms with Gasteiger partial charge in [-0.2, -0.15) is 0 Å². The highest BCUT2D eigenvalue weighted by Crippen LogP contribution is 2.25. The second kappa shape index (κ2) is 4.23. The summed E-state index contributed by atoms with van der Waals surface area (Å²) in [5.41, 5.74) is 3.13. The van der Waals surface area contributed by atoms with Gasteiger partial charge in [-0.3, -0.25) is 4.40 Å². The second-order valence-electron chi connectivity index (χ2n) is 5.09. The van der Waals surface area contributed by atoms with Crippen LogP contribution in [0.4, 0.5) is 5.82 Å². The number of hydrogen-bond acceptors (Lipinski definition) is 3. The lowest BCUT2D eigenvalue weighted by molar-refractivity contribution is 0.574. The molecular formula is C15H16N4. The maximum atomic E-state index is 4.84. The molecular weight excluding hydrogens is 236 g/mol. The Labute approximate surface area is 111 Å². The minimum absolute atomic E-state index is 0.973. The van der Waals surface area contributed by atoms with Crippen molar-refractivity contribution in [2.75, 3.05) is 18.0 Å². The Bertz CT molecular complexity index is 725. The van der Waals surface area contributed by atoms with E-state index in [0.717, 1.165) is 35.6 Å². The predicted molar refractivity (Wildman–Crippen MR) is 76.6 cm³/mol. The van der Waals surface area contributed by atoms with Crippen molar-refractivity contribution in [1.29, 1.82) is 0 Å². The van der Waals surface area contributed by atoms with Crippen molar-refractivity contribution < 1.29 is 0 Å². The van der Waals surface area contributed by atoms with Gasteiger partial charge in [-0.05, 0) is 31.4 Å². The van der Waals surface area contributed by atoms with Crippen molar-refractivity contribution in [2.24, 2.45) is 0 Å². The minimum Gasteiger partial charge on any atom is -0.354 e. The number of nitrogens with zero attached hydrogens (tertiary/aromatic N) is 4. The summed E-state index contributed by atoms with van der Waals surface area (Å²) in [6, 6.07) is 8.25. The Balaban J connectivity index is 1.99. The zero-order chi connectivity index (χ0) is 12.7. The first-order valence-electron chi connectivity index (χ1n) is 6.90. The van der Waals surface area contributed by atoms with Crippen LogP contribution in [0.1, 0.15) is 19.3 Å². The molecule has 3 aromatic rings. The van der Waals surface area contributed by atoms with Gasteiger partial charge < -0.3 is 4.90 Å². The van der Waals surface area contributed by atoms with Gasteiger partial charge in [-0.25, -0.2) is 9.97 Å². The normalized spacial score (nSPS) is 16.3. The van der Waals surface area contributed by atoms with Crippen molar-refractivity contribution in [2.45, 2.75) is 19.3 Å². The number of aromatic nitrogens is 3. The van der Waals surface area contributed by atoms with Crippen LogP contribution < -0.4 is 4.90 Å². The number of anilines is 1. The second-order valence-corrected chi connectivity index (χ2v) is 5.09. The highest BCUT2D eigenvalue weighted by atomic mass is 15.2. The zero-order valence-corrected chi connectivity index (χ0v) is 10.8. The lowest BCUT2D eigenvalue weighted by Crippen LogP contribution is -2.30. The number of hydrogen-bond donors (Lipinski definition) is 0. The molecule has 0 atom stereocenters. The monoisotopic (exact) mass is 252 g/mol. The fraction of sp³-hybridized carbons (Fsp3) is 0.333. The van der Waals surface area contributed by atoms with Crippen molar-refractivity contribution >= 4 is 22.5 Å². The molecule has 3 heterocycles. The van der Waals surface area contributed by atoms with E-state index in [2.05, 4.69) is 26.4 Å². The van der Waals surface area contributed by atoms with Crippen LogP contribution in [0.25, 0.3) is 16.7 Å². The quantitative estimate of drug-likeness (QED) is 0.667. The van der Waals surface area contributed by atoms with Gasteiger partial charge in [0, 0.05) is 25.5 Å². The van der Waals surface area contributed by atoms with E-state index in [1.807, 2.05) is 24.5 Å². The molecule has 0 bridgehead atoms. The summed E-state index contributed by atoms with van der Waals surface area (Å²) in [4.78, 5) is 11.7. The molecule has 0 spiro atoms. The third kappa shape index (κ3) is 1.67. The molecule has 1 aromatic carbocycles. The smallest absolute Gasteiger partial charge is 0.180 e. The molecule has 0 aliphatic carbocycles. The van der Waals surface area contributed by atoms with Crippen LogP contribution in [0.15, 0.2) is 36.7 Å². The van der Waals surface area contributed by atoms with Crippen LogP contribution in [0.2, 0.25) is 0 Å². The Morgan fingerprint density at radius 1 is 1.00 bits per heavy atom. The maximum absolute atomic E-state index is 4.84. The molecule has 4 rings (SSSR count). The Morgan fingerprint density at radius 2 is 1.84 bits per heavy atom. The van der Waals surface area contributed by atoms with E-state index in [1.165, 1.54) is 19.3 Å². The van der Waals surface area contributed by atoms with Gasteiger partial charge in [0.15, 0.2) is 11.5 Å². The topological polar surface area (TPSA) is 33.4 Å². The molecule has 0 amide bonds. The number of fused-ring (bicyclic) bond motifs is 3. The van der Waals surface area contributed by atoms with Crippen molar-refractivity contribution in [3.8, 4) is 0 Å². The molecule has 0 saturated carbocycles. The van der Waals surface area contributed by atoms with E-state index in [-0.39, 0.29) is 0 Å². The Kier molecular flexibility index (Phi) is 2.40. The lowest BCUT2D eigenvalue weighted by atomic mass is 10.1. The molecule has 0 unspecified atom stereocenters. The van der Waals surface area contributed by atoms with E-state index in [1.54, 1.807) is 0 Å². The average Bonchev–Trinajstić information content (AvgIpc) is 2.97. The SMILES string of the molecule is c1ccc2c(c1)nc(N1CCCCC1)c1nccn12. The van der Waals surface area contributed by atoms with E-state index in [9.17, 15) is 0 Å². The first kappa shape index (κ1) is 10.8. The van der Waals surface area contributed by atoms with Gasteiger partial charge in [0.2, 0.25) is 0 Å². The summed E-state index contributed by atoms with van der Waals surface area (Å²) < 4.78 is 2.15. The summed E-state index contributed by atoms with van der Waals surface area (Å²) in [5.74, 6) is 1.03. The van der Waals surface area contributed by atoms with E-state index in [4.69, 9.17) is 4.98 Å². The fourth-order valence-electron chi connectivity index (χ4n) is 2.91. The fourth-order valence-corrected chi connectivity index (χ4v) is 2.91. The molecule has 1 aliphatic rings. The predicted octanol–water partition coefficient (Wildman–Crippen LogP) is 2.87. The summed E-state index contributed by atoms with van der Waals surface area (Å²) in [5, 5.41) is 0. The van der Waals surface area contributed by atoms with Gasteiger partial charge >= 0.3 is 0 Å². The molecule has 96 valence electrons. The zero-order valence-electron chi connectivity index (χ0n) is 10.8. The third-order valence-electron chi connectivity index (χ3n) is 3.86. The van der Waals surface area contributed by atoms with Crippen LogP contribution in [0.5, 0.6) is 0 Å². The molecule has 0 radical (unpaired) electrons. The largest absolute Gasteiger partial charge is 0.354 e. The molecule has 2 aromatic heterocycles. The number of rotatable bonds is 1. The maximum Gasteiger partial charge on any atom is 0.180 e. The number of imidazole rings is 1. The van der Waals surface area contributed by atoms with Crippen LogP contribution in [-0.2, 0) is 0 Å². The third-order valence-corrected chi connectivity index (χ3v) is 3.86. The summed E-state index contributed by atoms with van der Waals surface area (Å²) in [7, 11) is 0. The van der Waals surface area contributed by atoms with E-state index >= 15 is 0 Å². The van der Waals surface area contributed by atoms with Crippen LogP contribution in [0, 0.1) is 0 Å². The summed E-state index contributed by atoms with van der Waals surface area (Å²) in [6.07, 6.45) is 7.71.